The van der Waals surface area contributed by atoms with E-state index in [9.17, 15) is 4.79 Å². The number of nitrogens with one attached hydrogen (secondary N) is 1. The molecule has 0 aliphatic carbocycles. The van der Waals surface area contributed by atoms with Crippen molar-refractivity contribution in [1.82, 2.24) is 4.57 Å². The van der Waals surface area contributed by atoms with E-state index in [4.69, 9.17) is 4.74 Å². The molecule has 1 aliphatic heterocycles. The Morgan fingerprint density at radius 3 is 2.47 bits per heavy atom. The summed E-state index contributed by atoms with van der Waals surface area (Å²) in [7, 11) is 0. The molecule has 2 heterocycles. The van der Waals surface area contributed by atoms with E-state index < -0.39 is 0 Å². The highest BCUT2D eigenvalue weighted by Crippen LogP contribution is 2.41. The van der Waals surface area contributed by atoms with Gasteiger partial charge in [0.25, 0.3) is 0 Å². The molecule has 1 aliphatic rings. The van der Waals surface area contributed by atoms with Gasteiger partial charge < -0.3 is 14.6 Å². The molecule has 36 heavy (non-hydrogen) atoms. The molecule has 1 N–H and O–H groups in total. The van der Waals surface area contributed by atoms with Crippen LogP contribution in [0, 0.1) is 0 Å². The molecule has 1 amide bonds. The van der Waals surface area contributed by atoms with Crippen LogP contribution in [0.1, 0.15) is 74.5 Å². The minimum Gasteiger partial charge on any atom is -0.494 e. The molecule has 4 heteroatoms. The molecule has 0 fully saturated rings. The van der Waals surface area contributed by atoms with E-state index in [-0.39, 0.29) is 11.8 Å². The van der Waals surface area contributed by atoms with Gasteiger partial charge in [0.2, 0.25) is 5.91 Å². The predicted molar refractivity (Wildman–Crippen MR) is 148 cm³/mol. The highest BCUT2D eigenvalue weighted by atomic mass is 16.5. The van der Waals surface area contributed by atoms with Gasteiger partial charge in [0.1, 0.15) is 5.75 Å². The lowest BCUT2D eigenvalue weighted by Gasteiger charge is -2.15. The molecule has 5 rings (SSSR count). The number of carbonyl (C=O) groups excluding carboxylic acids is 1. The van der Waals surface area contributed by atoms with Crippen molar-refractivity contribution in [3.63, 3.8) is 0 Å². The summed E-state index contributed by atoms with van der Waals surface area (Å²) in [5, 5.41) is 4.30. The van der Waals surface area contributed by atoms with E-state index in [1.807, 2.05) is 18.2 Å². The summed E-state index contributed by atoms with van der Waals surface area (Å²) in [5.41, 5.74) is 5.66. The maximum atomic E-state index is 12.8. The van der Waals surface area contributed by atoms with Crippen molar-refractivity contribution in [2.24, 2.45) is 0 Å². The first-order valence-corrected chi connectivity index (χ1v) is 13.4. The molecule has 0 unspecified atom stereocenters. The van der Waals surface area contributed by atoms with Gasteiger partial charge in [-0.25, -0.2) is 0 Å². The van der Waals surface area contributed by atoms with Crippen molar-refractivity contribution in [2.45, 2.75) is 64.3 Å². The molecule has 4 nitrogen and oxygen atoms in total. The van der Waals surface area contributed by atoms with Gasteiger partial charge in [0.15, 0.2) is 0 Å². The van der Waals surface area contributed by atoms with Crippen molar-refractivity contribution in [3.05, 3.63) is 95.7 Å². The van der Waals surface area contributed by atoms with Crippen LogP contribution in [0.25, 0.3) is 10.9 Å². The Balaban J connectivity index is 1.36. The van der Waals surface area contributed by atoms with Gasteiger partial charge >= 0.3 is 0 Å². The Labute approximate surface area is 214 Å². The minimum absolute atomic E-state index is 0.000731. The summed E-state index contributed by atoms with van der Waals surface area (Å²) < 4.78 is 8.31. The van der Waals surface area contributed by atoms with Gasteiger partial charge in [-0.2, -0.15) is 0 Å². The number of aromatic nitrogens is 1. The Morgan fingerprint density at radius 2 is 1.67 bits per heavy atom. The van der Waals surface area contributed by atoms with Crippen LogP contribution < -0.4 is 10.1 Å². The van der Waals surface area contributed by atoms with Crippen LogP contribution in [-0.2, 0) is 11.3 Å². The number of unbranched alkanes of at least 4 members (excludes halogenated alkanes) is 5. The van der Waals surface area contributed by atoms with Crippen LogP contribution in [0.5, 0.6) is 5.75 Å². The zero-order valence-electron chi connectivity index (χ0n) is 21.2. The molecular formula is C32H36N2O2. The topological polar surface area (TPSA) is 43.3 Å². The molecule has 0 saturated heterocycles. The van der Waals surface area contributed by atoms with Gasteiger partial charge in [0.05, 0.1) is 17.8 Å². The maximum Gasteiger partial charge on any atom is 0.225 e. The second-order valence-corrected chi connectivity index (χ2v) is 9.89. The average molecular weight is 481 g/mol. The Morgan fingerprint density at radius 1 is 0.889 bits per heavy atom. The third-order valence-electron chi connectivity index (χ3n) is 7.22. The third kappa shape index (κ3) is 5.48. The molecule has 3 aromatic carbocycles. The molecule has 1 aromatic heterocycles. The second kappa shape index (κ2) is 11.5. The second-order valence-electron chi connectivity index (χ2n) is 9.89. The lowest BCUT2D eigenvalue weighted by molar-refractivity contribution is -0.116. The van der Waals surface area contributed by atoms with Crippen molar-refractivity contribution in [2.75, 3.05) is 11.9 Å². The fraction of sp³-hybridized carbons (Fsp3) is 0.344. The number of hydrogen-bond donors (Lipinski definition) is 1. The normalized spacial score (nSPS) is 15.0. The summed E-state index contributed by atoms with van der Waals surface area (Å²) in [6.07, 6.45) is 10.2. The molecule has 0 saturated carbocycles. The highest BCUT2D eigenvalue weighted by molar-refractivity contribution is 6.06. The summed E-state index contributed by atoms with van der Waals surface area (Å²) in [4.78, 5) is 12.8. The van der Waals surface area contributed by atoms with Crippen molar-refractivity contribution >= 4 is 22.5 Å². The van der Waals surface area contributed by atoms with Gasteiger partial charge in [-0.15, -0.1) is 0 Å². The fourth-order valence-corrected chi connectivity index (χ4v) is 5.33. The molecular weight excluding hydrogens is 444 g/mol. The largest absolute Gasteiger partial charge is 0.494 e. The number of carbonyl (C=O) groups is 1. The fourth-order valence-electron chi connectivity index (χ4n) is 5.33. The summed E-state index contributed by atoms with van der Waals surface area (Å²) in [6.45, 7) is 3.80. The van der Waals surface area contributed by atoms with Crippen LogP contribution in [-0.4, -0.2) is 17.1 Å². The molecule has 0 radical (unpaired) electrons. The number of amides is 1. The average Bonchev–Trinajstić information content (AvgIpc) is 3.19. The summed E-state index contributed by atoms with van der Waals surface area (Å²) in [6, 6.07) is 25.1. The maximum absolute atomic E-state index is 12.8. The zero-order valence-corrected chi connectivity index (χ0v) is 21.2. The number of ether oxygens (including phenoxy) is 1. The zero-order chi connectivity index (χ0) is 24.7. The van der Waals surface area contributed by atoms with Gasteiger partial charge in [-0.05, 0) is 47.4 Å². The van der Waals surface area contributed by atoms with Gasteiger partial charge in [-0.3, -0.25) is 4.79 Å². The van der Waals surface area contributed by atoms with Crippen LogP contribution >= 0.6 is 0 Å². The first-order valence-electron chi connectivity index (χ1n) is 13.4. The number of hydrogen-bond acceptors (Lipinski definition) is 2. The number of anilines is 1. The van der Waals surface area contributed by atoms with Gasteiger partial charge in [-0.1, -0.05) is 87.6 Å². The first-order chi connectivity index (χ1) is 17.7. The number of nitrogens with zero attached hydrogens (tertiary/aromatic N) is 1. The van der Waals surface area contributed by atoms with E-state index in [1.165, 1.54) is 43.2 Å². The molecule has 1 atom stereocenters. The Hall–Kier alpha value is -3.53. The lowest BCUT2D eigenvalue weighted by Crippen LogP contribution is -2.14. The monoisotopic (exact) mass is 480 g/mol. The van der Waals surface area contributed by atoms with Crippen LogP contribution in [0.2, 0.25) is 0 Å². The highest BCUT2D eigenvalue weighted by Gasteiger charge is 2.27. The van der Waals surface area contributed by atoms with Crippen LogP contribution in [0.4, 0.5) is 5.69 Å². The molecule has 4 aromatic rings. The lowest BCUT2D eigenvalue weighted by atomic mass is 9.88. The third-order valence-corrected chi connectivity index (χ3v) is 7.22. The predicted octanol–water partition coefficient (Wildman–Crippen LogP) is 7.90. The van der Waals surface area contributed by atoms with Crippen LogP contribution in [0.15, 0.2) is 79.0 Å². The smallest absolute Gasteiger partial charge is 0.225 e. The van der Waals surface area contributed by atoms with E-state index in [1.54, 1.807) is 0 Å². The minimum atomic E-state index is 0.000731. The van der Waals surface area contributed by atoms with Crippen molar-refractivity contribution < 1.29 is 9.53 Å². The van der Waals surface area contributed by atoms with Crippen LogP contribution in [0.3, 0.4) is 0 Å². The summed E-state index contributed by atoms with van der Waals surface area (Å²) in [5.74, 6) is 0.958. The SMILES string of the molecule is CCCCCCCCOc1ccc([C@@H]2CC(=O)Nc3cccc4c3c2cn4Cc2ccccc2)cc1. The van der Waals surface area contributed by atoms with E-state index in [0.717, 1.165) is 47.5 Å². The first kappa shape index (κ1) is 24.2. The molecule has 0 bridgehead atoms. The Bertz CT molecular complexity index is 1290. The van der Waals surface area contributed by atoms with Crippen molar-refractivity contribution in [3.8, 4) is 5.75 Å². The van der Waals surface area contributed by atoms with E-state index in [2.05, 4.69) is 77.6 Å². The number of benzene rings is 3. The van der Waals surface area contributed by atoms with Gasteiger partial charge in [0, 0.05) is 30.5 Å². The van der Waals surface area contributed by atoms with E-state index >= 15 is 0 Å². The van der Waals surface area contributed by atoms with Crippen molar-refractivity contribution in [1.29, 1.82) is 0 Å². The summed E-state index contributed by atoms with van der Waals surface area (Å²) >= 11 is 0. The van der Waals surface area contributed by atoms with E-state index in [0.29, 0.717) is 6.42 Å². The number of rotatable bonds is 11. The Kier molecular flexibility index (Phi) is 7.70. The quantitative estimate of drug-likeness (QED) is 0.222. The molecule has 186 valence electrons. The standard InChI is InChI=1S/C32H36N2O2/c1-2-3-4-5-6-10-20-36-26-18-16-25(17-19-26)27-21-31(35)33-29-14-11-15-30-32(29)28(27)23-34(30)22-24-12-8-7-9-13-24/h7-9,11-19,23,27H,2-6,10,20-22H2,1H3,(H,33,35)/t27-/m0/s1. The molecule has 0 spiro atoms.